The molecule has 0 aromatic rings. The van der Waals surface area contributed by atoms with E-state index in [1.54, 1.807) is 6.92 Å². The average Bonchev–Trinajstić information content (AvgIpc) is 2.46. The highest BCUT2D eigenvalue weighted by molar-refractivity contribution is 7.86. The molecule has 1 fully saturated rings. The molecule has 9 heteroatoms. The fourth-order valence-electron chi connectivity index (χ4n) is 2.36. The Morgan fingerprint density at radius 2 is 2.10 bits per heavy atom. The number of nitrogens with one attached hydrogen (secondary N) is 1. The summed E-state index contributed by atoms with van der Waals surface area (Å²) in [5, 5.41) is 11.5. The van der Waals surface area contributed by atoms with E-state index >= 15 is 0 Å². The number of hydrogen-bond acceptors (Lipinski definition) is 4. The van der Waals surface area contributed by atoms with Crippen molar-refractivity contribution in [2.75, 3.05) is 33.7 Å². The van der Waals surface area contributed by atoms with Crippen molar-refractivity contribution in [2.24, 2.45) is 11.8 Å². The number of carboxylic acid groups (broad SMARTS) is 1. The zero-order valence-corrected chi connectivity index (χ0v) is 13.4. The summed E-state index contributed by atoms with van der Waals surface area (Å²) in [7, 11) is -0.845. The highest BCUT2D eigenvalue weighted by atomic mass is 32.2. The van der Waals surface area contributed by atoms with Crippen LogP contribution in [0.5, 0.6) is 0 Å². The van der Waals surface area contributed by atoms with Gasteiger partial charge >= 0.3 is 5.97 Å². The number of hydrogen-bond donors (Lipinski definition) is 2. The van der Waals surface area contributed by atoms with Crippen molar-refractivity contribution in [1.29, 1.82) is 0 Å². The largest absolute Gasteiger partial charge is 0.481 e. The summed E-state index contributed by atoms with van der Waals surface area (Å²) >= 11 is 0. The van der Waals surface area contributed by atoms with E-state index in [9.17, 15) is 18.0 Å². The molecule has 122 valence electrons. The molecule has 21 heavy (non-hydrogen) atoms. The molecule has 0 aromatic carbocycles. The normalized spacial score (nSPS) is 22.0. The van der Waals surface area contributed by atoms with Gasteiger partial charge in [0.25, 0.3) is 10.2 Å². The Morgan fingerprint density at radius 1 is 1.48 bits per heavy atom. The van der Waals surface area contributed by atoms with Gasteiger partial charge in [-0.2, -0.15) is 17.0 Å². The number of piperidine rings is 1. The Bertz CT molecular complexity index is 493. The van der Waals surface area contributed by atoms with Crippen molar-refractivity contribution >= 4 is 22.1 Å². The summed E-state index contributed by atoms with van der Waals surface area (Å²) in [6, 6.07) is 0. The zero-order chi connectivity index (χ0) is 16.2. The van der Waals surface area contributed by atoms with Gasteiger partial charge in [0, 0.05) is 39.6 Å². The van der Waals surface area contributed by atoms with Crippen molar-refractivity contribution in [1.82, 2.24) is 13.9 Å². The smallest absolute Gasteiger partial charge is 0.307 e. The Morgan fingerprint density at radius 3 is 2.62 bits per heavy atom. The SMILES string of the molecule is CNC(=O)C(C)CN(C)S(=O)(=O)N1CCCC(C(=O)O)C1. The Hall–Kier alpha value is -1.19. The maximum atomic E-state index is 12.4. The summed E-state index contributed by atoms with van der Waals surface area (Å²) in [4.78, 5) is 22.5. The fraction of sp³-hybridized carbons (Fsp3) is 0.833. The minimum absolute atomic E-state index is 0.0175. The first-order valence-corrected chi connectivity index (χ1v) is 8.25. The second-order valence-electron chi connectivity index (χ2n) is 5.34. The van der Waals surface area contributed by atoms with Crippen molar-refractivity contribution in [3.05, 3.63) is 0 Å². The van der Waals surface area contributed by atoms with E-state index in [1.807, 2.05) is 0 Å². The van der Waals surface area contributed by atoms with Crippen LogP contribution in [0.2, 0.25) is 0 Å². The lowest BCUT2D eigenvalue weighted by atomic mass is 10.0. The molecule has 1 rings (SSSR count). The molecule has 1 aliphatic heterocycles. The van der Waals surface area contributed by atoms with Crippen LogP contribution < -0.4 is 5.32 Å². The topological polar surface area (TPSA) is 107 Å². The van der Waals surface area contributed by atoms with E-state index < -0.39 is 28.0 Å². The van der Waals surface area contributed by atoms with Gasteiger partial charge in [-0.3, -0.25) is 9.59 Å². The molecule has 1 aliphatic rings. The molecule has 2 atom stereocenters. The van der Waals surface area contributed by atoms with Gasteiger partial charge in [-0.25, -0.2) is 0 Å². The number of rotatable bonds is 6. The number of carbonyl (C=O) groups is 2. The van der Waals surface area contributed by atoms with Crippen LogP contribution in [0.15, 0.2) is 0 Å². The molecule has 0 aromatic heterocycles. The number of amides is 1. The number of nitrogens with zero attached hydrogens (tertiary/aromatic N) is 2. The lowest BCUT2D eigenvalue weighted by Gasteiger charge is -2.33. The summed E-state index contributed by atoms with van der Waals surface area (Å²) in [6.45, 7) is 1.98. The minimum atomic E-state index is -3.74. The Kier molecular flexibility index (Phi) is 6.11. The summed E-state index contributed by atoms with van der Waals surface area (Å²) in [5.41, 5.74) is 0. The standard InChI is InChI=1S/C12H23N3O5S/c1-9(11(16)13-2)7-14(3)21(19,20)15-6-4-5-10(8-15)12(17)18/h9-10H,4-8H2,1-3H3,(H,13,16)(H,17,18). The predicted octanol–water partition coefficient (Wildman–Crippen LogP) is -0.658. The minimum Gasteiger partial charge on any atom is -0.481 e. The van der Waals surface area contributed by atoms with Gasteiger partial charge in [0.15, 0.2) is 0 Å². The van der Waals surface area contributed by atoms with Crippen molar-refractivity contribution in [2.45, 2.75) is 19.8 Å². The molecular weight excluding hydrogens is 298 g/mol. The van der Waals surface area contributed by atoms with Crippen LogP contribution in [0, 0.1) is 11.8 Å². The summed E-state index contributed by atoms with van der Waals surface area (Å²) in [6.07, 6.45) is 1.01. The molecule has 0 bridgehead atoms. The van der Waals surface area contributed by atoms with E-state index in [4.69, 9.17) is 5.11 Å². The maximum absolute atomic E-state index is 12.4. The van der Waals surface area contributed by atoms with Crippen molar-refractivity contribution < 1.29 is 23.1 Å². The van der Waals surface area contributed by atoms with Gasteiger partial charge in [0.2, 0.25) is 5.91 Å². The van der Waals surface area contributed by atoms with E-state index in [2.05, 4.69) is 5.32 Å². The van der Waals surface area contributed by atoms with Gasteiger partial charge in [-0.15, -0.1) is 0 Å². The number of carboxylic acids is 1. The van der Waals surface area contributed by atoms with Crippen LogP contribution in [0.4, 0.5) is 0 Å². The quantitative estimate of drug-likeness (QED) is 0.675. The Balaban J connectivity index is 2.75. The number of carbonyl (C=O) groups excluding carboxylic acids is 1. The molecule has 0 saturated carbocycles. The van der Waals surface area contributed by atoms with Crippen LogP contribution >= 0.6 is 0 Å². The second kappa shape index (κ2) is 7.19. The lowest BCUT2D eigenvalue weighted by Crippen LogP contribution is -2.49. The second-order valence-corrected chi connectivity index (χ2v) is 7.37. The molecule has 0 radical (unpaired) electrons. The van der Waals surface area contributed by atoms with Crippen molar-refractivity contribution in [3.8, 4) is 0 Å². The Labute approximate surface area is 125 Å². The third kappa shape index (κ3) is 4.39. The van der Waals surface area contributed by atoms with Gasteiger partial charge in [0.1, 0.15) is 0 Å². The van der Waals surface area contributed by atoms with Crippen LogP contribution in [-0.4, -0.2) is 67.7 Å². The van der Waals surface area contributed by atoms with Crippen LogP contribution in [0.1, 0.15) is 19.8 Å². The van der Waals surface area contributed by atoms with E-state index in [1.165, 1.54) is 18.4 Å². The molecular formula is C12H23N3O5S. The van der Waals surface area contributed by atoms with Gasteiger partial charge in [-0.1, -0.05) is 6.92 Å². The molecule has 2 N–H and O–H groups in total. The van der Waals surface area contributed by atoms with Gasteiger partial charge < -0.3 is 10.4 Å². The third-order valence-corrected chi connectivity index (χ3v) is 5.60. The van der Waals surface area contributed by atoms with Crippen LogP contribution in [0.3, 0.4) is 0 Å². The molecule has 2 unspecified atom stereocenters. The van der Waals surface area contributed by atoms with Crippen molar-refractivity contribution in [3.63, 3.8) is 0 Å². The van der Waals surface area contributed by atoms with Crippen LogP contribution in [-0.2, 0) is 19.8 Å². The lowest BCUT2D eigenvalue weighted by molar-refractivity contribution is -0.142. The molecule has 1 saturated heterocycles. The number of aliphatic carboxylic acids is 1. The summed E-state index contributed by atoms with van der Waals surface area (Å²) in [5.74, 6) is -2.36. The first-order chi connectivity index (χ1) is 9.70. The average molecular weight is 321 g/mol. The molecule has 0 spiro atoms. The first-order valence-electron chi connectivity index (χ1n) is 6.86. The monoisotopic (exact) mass is 321 g/mol. The highest BCUT2D eigenvalue weighted by Gasteiger charge is 2.35. The zero-order valence-electron chi connectivity index (χ0n) is 12.6. The maximum Gasteiger partial charge on any atom is 0.307 e. The third-order valence-electron chi connectivity index (χ3n) is 3.68. The predicted molar refractivity (Wildman–Crippen MR) is 76.7 cm³/mol. The van der Waals surface area contributed by atoms with E-state index in [0.29, 0.717) is 19.4 Å². The first kappa shape index (κ1) is 17.9. The fourth-order valence-corrected chi connectivity index (χ4v) is 3.89. The van der Waals surface area contributed by atoms with E-state index in [0.717, 1.165) is 4.31 Å². The molecule has 8 nitrogen and oxygen atoms in total. The van der Waals surface area contributed by atoms with Gasteiger partial charge in [0.05, 0.1) is 5.92 Å². The van der Waals surface area contributed by atoms with E-state index in [-0.39, 0.29) is 19.0 Å². The molecule has 0 aliphatic carbocycles. The van der Waals surface area contributed by atoms with Crippen LogP contribution in [0.25, 0.3) is 0 Å². The highest BCUT2D eigenvalue weighted by Crippen LogP contribution is 2.21. The van der Waals surface area contributed by atoms with Gasteiger partial charge in [-0.05, 0) is 12.8 Å². The molecule has 1 amide bonds. The summed E-state index contributed by atoms with van der Waals surface area (Å²) < 4.78 is 27.1. The molecule has 1 heterocycles.